The minimum atomic E-state index is -0.721. The first kappa shape index (κ1) is 18.1. The van der Waals surface area contributed by atoms with E-state index in [1.165, 1.54) is 6.33 Å². The number of aliphatic hydroxyl groups is 1. The molecule has 4 heterocycles. The molecule has 10 heteroatoms. The molecule has 4 rings (SSSR count). The van der Waals surface area contributed by atoms with Crippen LogP contribution in [-0.2, 0) is 9.53 Å². The lowest BCUT2D eigenvalue weighted by Gasteiger charge is -2.39. The second-order valence-corrected chi connectivity index (χ2v) is 7.27. The maximum absolute atomic E-state index is 12.5. The number of rotatable bonds is 4. The zero-order chi connectivity index (χ0) is 19.0. The molecule has 0 unspecified atom stereocenters. The number of carbonyl (C=O) groups excluding carboxylic acids is 1. The van der Waals surface area contributed by atoms with Crippen molar-refractivity contribution in [2.24, 2.45) is 0 Å². The molecule has 4 N–H and O–H groups in total. The number of likely N-dealkylation sites (N-methyl/N-ethyl adjacent to an activating group) is 1. The molecule has 27 heavy (non-hydrogen) atoms. The average molecular weight is 375 g/mol. The zero-order valence-electron chi connectivity index (χ0n) is 15.4. The van der Waals surface area contributed by atoms with E-state index in [0.29, 0.717) is 23.4 Å². The molecule has 0 aliphatic carbocycles. The summed E-state index contributed by atoms with van der Waals surface area (Å²) < 4.78 is 5.99. The molecule has 2 aliphatic heterocycles. The molecule has 5 atom stereocenters. The van der Waals surface area contributed by atoms with Gasteiger partial charge < -0.3 is 25.5 Å². The summed E-state index contributed by atoms with van der Waals surface area (Å²) in [7, 11) is 1.95. The Morgan fingerprint density at radius 3 is 3.00 bits per heavy atom. The molecule has 2 aliphatic rings. The first-order valence-corrected chi connectivity index (χ1v) is 9.27. The number of nitrogens with one attached hydrogen (secondary N) is 3. The van der Waals surface area contributed by atoms with Gasteiger partial charge in [-0.2, -0.15) is 0 Å². The maximum Gasteiger partial charge on any atom is 0.237 e. The number of nitrogens with zero attached hydrogens (tertiary/aromatic N) is 4. The highest BCUT2D eigenvalue weighted by Crippen LogP contribution is 2.24. The SMILES string of the molecule is C[C@@H]1O[C@H](Nc2ncnc3nc[nH]c23)C[C@H](O)[C@H]1NC(=O)[C@H]1CCCN1C. The maximum atomic E-state index is 12.5. The second-order valence-electron chi connectivity index (χ2n) is 7.27. The Bertz CT molecular complexity index is 801. The summed E-state index contributed by atoms with van der Waals surface area (Å²) in [5.41, 5.74) is 1.24. The number of carbonyl (C=O) groups is 1. The third-order valence-corrected chi connectivity index (χ3v) is 5.41. The van der Waals surface area contributed by atoms with Crippen LogP contribution in [0.2, 0.25) is 0 Å². The Balaban J connectivity index is 1.40. The molecule has 146 valence electrons. The van der Waals surface area contributed by atoms with Crippen LogP contribution in [-0.4, -0.2) is 80.0 Å². The number of fused-ring (bicyclic) bond motifs is 1. The number of anilines is 1. The van der Waals surface area contributed by atoms with Crippen molar-refractivity contribution in [3.8, 4) is 0 Å². The van der Waals surface area contributed by atoms with Crippen LogP contribution in [0, 0.1) is 0 Å². The van der Waals surface area contributed by atoms with Gasteiger partial charge in [-0.1, -0.05) is 0 Å². The quantitative estimate of drug-likeness (QED) is 0.580. The van der Waals surface area contributed by atoms with Gasteiger partial charge in [0.25, 0.3) is 0 Å². The van der Waals surface area contributed by atoms with Crippen LogP contribution in [0.4, 0.5) is 5.82 Å². The highest BCUT2D eigenvalue weighted by Gasteiger charge is 2.39. The van der Waals surface area contributed by atoms with Gasteiger partial charge in [0, 0.05) is 6.42 Å². The van der Waals surface area contributed by atoms with Gasteiger partial charge in [-0.3, -0.25) is 9.69 Å². The highest BCUT2D eigenvalue weighted by atomic mass is 16.5. The third kappa shape index (κ3) is 3.60. The van der Waals surface area contributed by atoms with E-state index in [1.807, 2.05) is 18.9 Å². The molecule has 2 fully saturated rings. The number of aromatic amines is 1. The largest absolute Gasteiger partial charge is 0.391 e. The Morgan fingerprint density at radius 2 is 2.26 bits per heavy atom. The number of aromatic nitrogens is 4. The van der Waals surface area contributed by atoms with E-state index in [9.17, 15) is 9.90 Å². The lowest BCUT2D eigenvalue weighted by atomic mass is 9.98. The molecule has 2 aromatic heterocycles. The van der Waals surface area contributed by atoms with Gasteiger partial charge in [-0.25, -0.2) is 15.0 Å². The summed E-state index contributed by atoms with van der Waals surface area (Å²) in [6.45, 7) is 2.77. The number of aliphatic hydroxyl groups excluding tert-OH is 1. The second kappa shape index (κ2) is 7.37. The standard InChI is InChI=1S/C17H25N7O3/c1-9-13(23-17(26)10-4-3-5-24(10)2)11(25)6-12(27-9)22-16-14-15(19-7-18-14)20-8-21-16/h7-13,25H,3-6H2,1-2H3,(H,23,26)(H2,18,19,20,21,22)/t9-,10+,11-,12-,13-/m0/s1. The summed E-state index contributed by atoms with van der Waals surface area (Å²) in [5.74, 6) is 0.521. The predicted octanol–water partition coefficient (Wildman–Crippen LogP) is -0.160. The minimum Gasteiger partial charge on any atom is -0.391 e. The highest BCUT2D eigenvalue weighted by molar-refractivity contribution is 5.83. The zero-order valence-corrected chi connectivity index (χ0v) is 15.4. The van der Waals surface area contributed by atoms with Crippen molar-refractivity contribution in [3.05, 3.63) is 12.7 Å². The van der Waals surface area contributed by atoms with Gasteiger partial charge in [0.15, 0.2) is 11.5 Å². The Morgan fingerprint density at radius 1 is 1.41 bits per heavy atom. The van der Waals surface area contributed by atoms with Crippen LogP contribution >= 0.6 is 0 Å². The number of ether oxygens (including phenoxy) is 1. The normalized spacial score (nSPS) is 31.9. The first-order chi connectivity index (χ1) is 13.0. The van der Waals surface area contributed by atoms with Crippen molar-refractivity contribution in [1.29, 1.82) is 0 Å². The molecule has 0 aromatic carbocycles. The van der Waals surface area contributed by atoms with Crippen molar-refractivity contribution in [3.63, 3.8) is 0 Å². The lowest BCUT2D eigenvalue weighted by molar-refractivity contribution is -0.135. The first-order valence-electron chi connectivity index (χ1n) is 9.27. The van der Waals surface area contributed by atoms with Crippen molar-refractivity contribution >= 4 is 22.9 Å². The number of amides is 1. The molecule has 10 nitrogen and oxygen atoms in total. The van der Waals surface area contributed by atoms with Gasteiger partial charge in [0.1, 0.15) is 18.1 Å². The number of hydrogen-bond donors (Lipinski definition) is 4. The molecular formula is C17H25N7O3. The minimum absolute atomic E-state index is 0.0455. The van der Waals surface area contributed by atoms with E-state index in [1.54, 1.807) is 6.33 Å². The van der Waals surface area contributed by atoms with E-state index in [-0.39, 0.29) is 18.1 Å². The van der Waals surface area contributed by atoms with Crippen LogP contribution in [0.1, 0.15) is 26.2 Å². The summed E-state index contributed by atoms with van der Waals surface area (Å²) in [5, 5.41) is 16.8. The van der Waals surface area contributed by atoms with Crippen molar-refractivity contribution in [1.82, 2.24) is 30.2 Å². The van der Waals surface area contributed by atoms with Crippen LogP contribution in [0.15, 0.2) is 12.7 Å². The Kier molecular flexibility index (Phi) is 4.94. The predicted molar refractivity (Wildman–Crippen MR) is 97.8 cm³/mol. The Labute approximate surface area is 156 Å². The topological polar surface area (TPSA) is 128 Å². The molecule has 2 saturated heterocycles. The molecule has 1 amide bonds. The summed E-state index contributed by atoms with van der Waals surface area (Å²) in [4.78, 5) is 30.0. The van der Waals surface area contributed by atoms with Crippen molar-refractivity contribution < 1.29 is 14.6 Å². The van der Waals surface area contributed by atoms with Gasteiger partial charge >= 0.3 is 0 Å². The molecule has 0 bridgehead atoms. The van der Waals surface area contributed by atoms with Crippen LogP contribution < -0.4 is 10.6 Å². The number of imidazole rings is 1. The summed E-state index contributed by atoms with van der Waals surface area (Å²) >= 11 is 0. The number of likely N-dealkylation sites (tertiary alicyclic amines) is 1. The number of H-pyrrole nitrogens is 1. The molecule has 0 saturated carbocycles. The smallest absolute Gasteiger partial charge is 0.237 e. The fourth-order valence-corrected chi connectivity index (χ4v) is 3.91. The van der Waals surface area contributed by atoms with Gasteiger partial charge in [0.05, 0.1) is 30.6 Å². The van der Waals surface area contributed by atoms with Gasteiger partial charge in [-0.15, -0.1) is 0 Å². The van der Waals surface area contributed by atoms with E-state index in [0.717, 1.165) is 19.4 Å². The lowest BCUT2D eigenvalue weighted by Crippen LogP contribution is -2.59. The van der Waals surface area contributed by atoms with E-state index in [4.69, 9.17) is 4.74 Å². The fourth-order valence-electron chi connectivity index (χ4n) is 3.91. The third-order valence-electron chi connectivity index (χ3n) is 5.41. The van der Waals surface area contributed by atoms with Crippen molar-refractivity contribution in [2.75, 3.05) is 18.9 Å². The van der Waals surface area contributed by atoms with Crippen molar-refractivity contribution in [2.45, 2.75) is 56.7 Å². The molecular weight excluding hydrogens is 350 g/mol. The van der Waals surface area contributed by atoms with E-state index >= 15 is 0 Å². The van der Waals surface area contributed by atoms with E-state index in [2.05, 4.69) is 30.6 Å². The van der Waals surface area contributed by atoms with Gasteiger partial charge in [-0.05, 0) is 33.4 Å². The average Bonchev–Trinajstić information content (AvgIpc) is 3.27. The van der Waals surface area contributed by atoms with Crippen LogP contribution in [0.5, 0.6) is 0 Å². The monoisotopic (exact) mass is 375 g/mol. The fraction of sp³-hybridized carbons (Fsp3) is 0.647. The van der Waals surface area contributed by atoms with Crippen LogP contribution in [0.3, 0.4) is 0 Å². The summed E-state index contributed by atoms with van der Waals surface area (Å²) in [6, 6.07) is -0.572. The number of hydrogen-bond acceptors (Lipinski definition) is 8. The van der Waals surface area contributed by atoms with E-state index < -0.39 is 18.4 Å². The Hall–Kier alpha value is -2.30. The molecule has 0 spiro atoms. The molecule has 0 radical (unpaired) electrons. The van der Waals surface area contributed by atoms with Crippen LogP contribution in [0.25, 0.3) is 11.2 Å². The molecule has 2 aromatic rings. The summed E-state index contributed by atoms with van der Waals surface area (Å²) in [6.07, 6.45) is 3.67. The van der Waals surface area contributed by atoms with Gasteiger partial charge in [0.2, 0.25) is 5.91 Å².